The van der Waals surface area contributed by atoms with E-state index in [0.29, 0.717) is 6.04 Å². The van der Waals surface area contributed by atoms with E-state index in [1.807, 2.05) is 0 Å². The lowest BCUT2D eigenvalue weighted by Gasteiger charge is -2.22. The molecule has 2 heteroatoms. The van der Waals surface area contributed by atoms with E-state index in [2.05, 4.69) is 48.3 Å². The number of hydrogen-bond donors (Lipinski definition) is 1. The third-order valence-electron chi connectivity index (χ3n) is 4.63. The Hall–Kier alpha value is -0.470. The highest BCUT2D eigenvalue weighted by molar-refractivity contribution is 7.99. The molecule has 0 amide bonds. The van der Waals surface area contributed by atoms with Gasteiger partial charge in [-0.3, -0.25) is 0 Å². The van der Waals surface area contributed by atoms with Crippen molar-refractivity contribution in [3.05, 3.63) is 35.4 Å². The zero-order valence-electron chi connectivity index (χ0n) is 11.9. The average molecular weight is 275 g/mol. The number of thioether (sulfide) groups is 1. The maximum Gasteiger partial charge on any atom is 0.0446 e. The Morgan fingerprint density at radius 3 is 2.79 bits per heavy atom. The predicted octanol–water partition coefficient (Wildman–Crippen LogP) is 4.19. The average Bonchev–Trinajstić information content (AvgIpc) is 3.05. The second-order valence-electron chi connectivity index (χ2n) is 5.96. The van der Waals surface area contributed by atoms with Crippen LogP contribution in [0.3, 0.4) is 0 Å². The van der Waals surface area contributed by atoms with Crippen LogP contribution in [-0.2, 0) is 6.42 Å². The van der Waals surface area contributed by atoms with Crippen molar-refractivity contribution in [3.8, 4) is 0 Å². The number of hydrogen-bond acceptors (Lipinski definition) is 2. The third kappa shape index (κ3) is 3.00. The van der Waals surface area contributed by atoms with Gasteiger partial charge in [0.2, 0.25) is 0 Å². The molecule has 1 N–H and O–H groups in total. The first-order valence-electron chi connectivity index (χ1n) is 7.81. The molecule has 0 spiro atoms. The van der Waals surface area contributed by atoms with E-state index < -0.39 is 0 Å². The molecule has 0 aliphatic heterocycles. The van der Waals surface area contributed by atoms with Gasteiger partial charge in [-0.25, -0.2) is 0 Å². The zero-order chi connectivity index (χ0) is 13.1. The van der Waals surface area contributed by atoms with Gasteiger partial charge < -0.3 is 5.32 Å². The second kappa shape index (κ2) is 6.32. The minimum atomic E-state index is 0.576. The number of fused-ring (bicyclic) bond motifs is 1. The highest BCUT2D eigenvalue weighted by Crippen LogP contribution is 2.40. The Morgan fingerprint density at radius 2 is 2.00 bits per heavy atom. The van der Waals surface area contributed by atoms with Crippen molar-refractivity contribution in [1.29, 1.82) is 0 Å². The van der Waals surface area contributed by atoms with Gasteiger partial charge in [0, 0.05) is 11.3 Å². The molecule has 19 heavy (non-hydrogen) atoms. The van der Waals surface area contributed by atoms with Crippen LogP contribution in [0.5, 0.6) is 0 Å². The van der Waals surface area contributed by atoms with Gasteiger partial charge in [-0.15, -0.1) is 0 Å². The van der Waals surface area contributed by atoms with E-state index in [4.69, 9.17) is 0 Å². The molecule has 0 saturated heterocycles. The van der Waals surface area contributed by atoms with Crippen molar-refractivity contribution in [3.63, 3.8) is 0 Å². The van der Waals surface area contributed by atoms with Gasteiger partial charge in [0.15, 0.2) is 0 Å². The summed E-state index contributed by atoms with van der Waals surface area (Å²) in [5.41, 5.74) is 3.12. The second-order valence-corrected chi connectivity index (χ2v) is 7.23. The first-order valence-corrected chi connectivity index (χ1v) is 8.86. The van der Waals surface area contributed by atoms with E-state index in [0.717, 1.165) is 17.7 Å². The van der Waals surface area contributed by atoms with Crippen LogP contribution in [-0.4, -0.2) is 17.5 Å². The molecular weight excluding hydrogens is 250 g/mol. The molecule has 1 nitrogen and oxygen atoms in total. The van der Waals surface area contributed by atoms with Crippen LogP contribution in [0.2, 0.25) is 0 Å². The largest absolute Gasteiger partial charge is 0.309 e. The van der Waals surface area contributed by atoms with Crippen molar-refractivity contribution in [1.82, 2.24) is 5.32 Å². The Bertz CT molecular complexity index is 411. The Labute approximate surface area is 121 Å². The van der Waals surface area contributed by atoms with Crippen LogP contribution >= 0.6 is 11.8 Å². The van der Waals surface area contributed by atoms with Crippen LogP contribution in [0.25, 0.3) is 0 Å². The number of nitrogens with one attached hydrogen (secondary N) is 1. The summed E-state index contributed by atoms with van der Waals surface area (Å²) in [4.78, 5) is 0. The van der Waals surface area contributed by atoms with Gasteiger partial charge in [-0.1, -0.05) is 44.0 Å². The fourth-order valence-electron chi connectivity index (χ4n) is 3.61. The van der Waals surface area contributed by atoms with Gasteiger partial charge in [0.1, 0.15) is 0 Å². The third-order valence-corrected chi connectivity index (χ3v) is 6.16. The number of rotatable bonds is 5. The Kier molecular flexibility index (Phi) is 4.49. The summed E-state index contributed by atoms with van der Waals surface area (Å²) < 4.78 is 0. The minimum absolute atomic E-state index is 0.576. The van der Waals surface area contributed by atoms with E-state index in [-0.39, 0.29) is 0 Å². The zero-order valence-corrected chi connectivity index (χ0v) is 12.7. The Balaban J connectivity index is 1.64. The van der Waals surface area contributed by atoms with Gasteiger partial charge >= 0.3 is 0 Å². The van der Waals surface area contributed by atoms with Crippen molar-refractivity contribution in [2.45, 2.75) is 50.3 Å². The molecule has 3 rings (SSSR count). The molecule has 1 aromatic rings. The molecule has 2 atom stereocenters. The highest BCUT2D eigenvalue weighted by Gasteiger charge is 2.32. The highest BCUT2D eigenvalue weighted by atomic mass is 32.2. The summed E-state index contributed by atoms with van der Waals surface area (Å²) in [5, 5.41) is 4.45. The summed E-state index contributed by atoms with van der Waals surface area (Å²) >= 11 is 2.22. The normalized spacial score (nSPS) is 26.8. The summed E-state index contributed by atoms with van der Waals surface area (Å²) in [6.45, 7) is 3.29. The van der Waals surface area contributed by atoms with Gasteiger partial charge in [0.05, 0.1) is 0 Å². The molecule has 0 bridgehead atoms. The lowest BCUT2D eigenvalue weighted by Crippen LogP contribution is -2.27. The van der Waals surface area contributed by atoms with Gasteiger partial charge in [0.25, 0.3) is 0 Å². The lowest BCUT2D eigenvalue weighted by atomic mass is 10.1. The lowest BCUT2D eigenvalue weighted by molar-refractivity contribution is 0.556. The van der Waals surface area contributed by atoms with E-state index >= 15 is 0 Å². The molecule has 2 aliphatic rings. The van der Waals surface area contributed by atoms with Crippen LogP contribution in [0, 0.1) is 5.92 Å². The summed E-state index contributed by atoms with van der Waals surface area (Å²) in [7, 11) is 0. The molecule has 0 radical (unpaired) electrons. The molecule has 0 heterocycles. The molecule has 104 valence electrons. The van der Waals surface area contributed by atoms with Gasteiger partial charge in [-0.05, 0) is 48.6 Å². The minimum Gasteiger partial charge on any atom is -0.309 e. The Morgan fingerprint density at radius 1 is 1.21 bits per heavy atom. The quantitative estimate of drug-likeness (QED) is 0.865. The molecule has 2 aliphatic carbocycles. The van der Waals surface area contributed by atoms with E-state index in [9.17, 15) is 0 Å². The van der Waals surface area contributed by atoms with Crippen LogP contribution in [0.15, 0.2) is 24.3 Å². The summed E-state index contributed by atoms with van der Waals surface area (Å²) in [6, 6.07) is 9.58. The smallest absolute Gasteiger partial charge is 0.0446 e. The standard InChI is InChI=1S/C17H25NS/c1-2-18-17-15-10-6-5-9-14(15)11-16(17)19-12-13-7-3-4-8-13/h5-6,9-10,13,16-18H,2-4,7-8,11-12H2,1H3. The molecule has 0 aromatic heterocycles. The van der Waals surface area contributed by atoms with Crippen molar-refractivity contribution in [2.24, 2.45) is 5.92 Å². The first kappa shape index (κ1) is 13.5. The van der Waals surface area contributed by atoms with Crippen LogP contribution in [0.1, 0.15) is 49.8 Å². The van der Waals surface area contributed by atoms with Crippen molar-refractivity contribution < 1.29 is 0 Å². The van der Waals surface area contributed by atoms with Gasteiger partial charge in [-0.2, -0.15) is 11.8 Å². The first-order chi connectivity index (χ1) is 9.38. The maximum atomic E-state index is 3.71. The van der Waals surface area contributed by atoms with Crippen molar-refractivity contribution >= 4 is 11.8 Å². The molecule has 1 aromatic carbocycles. The number of benzene rings is 1. The molecule has 2 unspecified atom stereocenters. The monoisotopic (exact) mass is 275 g/mol. The summed E-state index contributed by atoms with van der Waals surface area (Å²) in [6.07, 6.45) is 7.13. The summed E-state index contributed by atoms with van der Waals surface area (Å²) in [5.74, 6) is 2.37. The molecule has 1 fully saturated rings. The fourth-order valence-corrected chi connectivity index (χ4v) is 5.20. The van der Waals surface area contributed by atoms with E-state index in [1.54, 1.807) is 11.1 Å². The predicted molar refractivity (Wildman–Crippen MR) is 84.8 cm³/mol. The molecular formula is C17H25NS. The topological polar surface area (TPSA) is 12.0 Å². The van der Waals surface area contributed by atoms with Crippen molar-refractivity contribution in [2.75, 3.05) is 12.3 Å². The SMILES string of the molecule is CCNC1c2ccccc2CC1SCC1CCCC1. The van der Waals surface area contributed by atoms with E-state index in [1.165, 1.54) is 37.9 Å². The maximum absolute atomic E-state index is 3.71. The fraction of sp³-hybridized carbons (Fsp3) is 0.647. The van der Waals surface area contributed by atoms with Crippen LogP contribution in [0.4, 0.5) is 0 Å². The van der Waals surface area contributed by atoms with Crippen LogP contribution < -0.4 is 5.32 Å². The molecule has 1 saturated carbocycles.